The third kappa shape index (κ3) is 3.52. The summed E-state index contributed by atoms with van der Waals surface area (Å²) in [6, 6.07) is 1.78. The fourth-order valence-electron chi connectivity index (χ4n) is 4.43. The number of nitrogens with zero attached hydrogens (tertiary/aromatic N) is 5. The highest BCUT2D eigenvalue weighted by molar-refractivity contribution is 6.05. The zero-order valence-electron chi connectivity index (χ0n) is 15.4. The van der Waals surface area contributed by atoms with Crippen LogP contribution in [-0.2, 0) is 14.4 Å². The number of aromatic nitrogens is 2. The second-order valence-electron chi connectivity index (χ2n) is 7.49. The van der Waals surface area contributed by atoms with Gasteiger partial charge < -0.3 is 9.80 Å². The van der Waals surface area contributed by atoms with Gasteiger partial charge in [-0.05, 0) is 18.9 Å². The number of likely N-dealkylation sites (tertiary alicyclic amines) is 1. The summed E-state index contributed by atoms with van der Waals surface area (Å²) < 4.78 is 0. The van der Waals surface area contributed by atoms with E-state index in [1.165, 1.54) is 4.90 Å². The van der Waals surface area contributed by atoms with E-state index in [0.717, 1.165) is 25.7 Å². The minimum Gasteiger partial charge on any atom is -0.339 e. The topological polar surface area (TPSA) is 86.7 Å². The van der Waals surface area contributed by atoms with E-state index < -0.39 is 0 Å². The fourth-order valence-corrected chi connectivity index (χ4v) is 4.43. The lowest BCUT2D eigenvalue weighted by molar-refractivity contribution is -0.140. The van der Waals surface area contributed by atoms with Gasteiger partial charge in [0.15, 0.2) is 0 Å². The van der Waals surface area contributed by atoms with Gasteiger partial charge in [-0.1, -0.05) is 12.8 Å². The van der Waals surface area contributed by atoms with E-state index in [4.69, 9.17) is 0 Å². The number of carbonyl (C=O) groups is 3. The molecule has 2 aliphatic heterocycles. The first-order valence-electron chi connectivity index (χ1n) is 9.80. The number of anilines is 1. The summed E-state index contributed by atoms with van der Waals surface area (Å²) in [7, 11) is 0. The second-order valence-corrected chi connectivity index (χ2v) is 7.49. The molecule has 2 saturated heterocycles. The molecule has 27 heavy (non-hydrogen) atoms. The van der Waals surface area contributed by atoms with E-state index in [9.17, 15) is 14.4 Å². The molecule has 0 spiro atoms. The number of hydrogen-bond acceptors (Lipinski definition) is 6. The van der Waals surface area contributed by atoms with Crippen molar-refractivity contribution in [3.8, 4) is 0 Å². The molecule has 3 amide bonds. The lowest BCUT2D eigenvalue weighted by atomic mass is 9.81. The minimum absolute atomic E-state index is 0.000831. The van der Waals surface area contributed by atoms with E-state index in [1.807, 2.05) is 0 Å². The molecule has 0 radical (unpaired) electrons. The van der Waals surface area contributed by atoms with Crippen molar-refractivity contribution in [1.82, 2.24) is 19.8 Å². The Bertz CT molecular complexity index is 693. The Hall–Kier alpha value is -2.51. The highest BCUT2D eigenvalue weighted by Gasteiger charge is 2.47. The summed E-state index contributed by atoms with van der Waals surface area (Å²) in [5.41, 5.74) is 0. The molecule has 0 unspecified atom stereocenters. The summed E-state index contributed by atoms with van der Waals surface area (Å²) in [5, 5.41) is 0. The monoisotopic (exact) mass is 371 g/mol. The van der Waals surface area contributed by atoms with Crippen LogP contribution < -0.4 is 4.90 Å². The molecule has 0 N–H and O–H groups in total. The molecule has 3 aliphatic rings. The van der Waals surface area contributed by atoms with Crippen molar-refractivity contribution in [2.24, 2.45) is 11.8 Å². The Kier molecular flexibility index (Phi) is 5.05. The maximum absolute atomic E-state index is 12.6. The average molecular weight is 371 g/mol. The molecule has 8 nitrogen and oxygen atoms in total. The maximum Gasteiger partial charge on any atom is 0.233 e. The maximum atomic E-state index is 12.6. The van der Waals surface area contributed by atoms with Crippen LogP contribution in [0.2, 0.25) is 0 Å². The normalized spacial score (nSPS) is 25.7. The van der Waals surface area contributed by atoms with Gasteiger partial charge in [-0.3, -0.25) is 19.3 Å². The van der Waals surface area contributed by atoms with Crippen molar-refractivity contribution < 1.29 is 14.4 Å². The Labute approximate surface area is 158 Å². The Morgan fingerprint density at radius 3 is 2.15 bits per heavy atom. The number of hydrogen-bond donors (Lipinski definition) is 0. The highest BCUT2D eigenvalue weighted by Crippen LogP contribution is 2.38. The summed E-state index contributed by atoms with van der Waals surface area (Å²) >= 11 is 0. The summed E-state index contributed by atoms with van der Waals surface area (Å²) in [6.07, 6.45) is 7.28. The van der Waals surface area contributed by atoms with E-state index in [1.54, 1.807) is 23.4 Å². The van der Waals surface area contributed by atoms with Crippen molar-refractivity contribution in [1.29, 1.82) is 0 Å². The van der Waals surface area contributed by atoms with Crippen LogP contribution >= 0.6 is 0 Å². The van der Waals surface area contributed by atoms with Crippen LogP contribution in [0.3, 0.4) is 0 Å². The van der Waals surface area contributed by atoms with Crippen LogP contribution in [-0.4, -0.2) is 70.2 Å². The van der Waals surface area contributed by atoms with Gasteiger partial charge in [0.2, 0.25) is 23.7 Å². The lowest BCUT2D eigenvalue weighted by Gasteiger charge is -2.34. The predicted octanol–water partition coefficient (Wildman–Crippen LogP) is 0.690. The van der Waals surface area contributed by atoms with Crippen LogP contribution in [0.4, 0.5) is 5.95 Å². The molecule has 8 heteroatoms. The molecular formula is C19H25N5O3. The zero-order chi connectivity index (χ0) is 18.8. The van der Waals surface area contributed by atoms with Gasteiger partial charge in [0.1, 0.15) is 0 Å². The molecule has 3 heterocycles. The Morgan fingerprint density at radius 1 is 0.963 bits per heavy atom. The number of rotatable bonds is 4. The van der Waals surface area contributed by atoms with E-state index in [-0.39, 0.29) is 42.5 Å². The summed E-state index contributed by atoms with van der Waals surface area (Å²) in [6.45, 7) is 2.78. The number of amides is 3. The van der Waals surface area contributed by atoms with Crippen molar-refractivity contribution >= 4 is 23.7 Å². The van der Waals surface area contributed by atoms with E-state index >= 15 is 0 Å². The molecule has 144 valence electrons. The molecule has 1 aromatic rings. The largest absolute Gasteiger partial charge is 0.339 e. The number of imide groups is 1. The van der Waals surface area contributed by atoms with Crippen molar-refractivity contribution in [2.45, 2.75) is 32.1 Å². The molecule has 1 aliphatic carbocycles. The van der Waals surface area contributed by atoms with Crippen LogP contribution in [0.25, 0.3) is 0 Å². The van der Waals surface area contributed by atoms with Gasteiger partial charge >= 0.3 is 0 Å². The SMILES string of the molecule is O=C(CCN1C(=O)[C@@H]2CCCC[C@H]2C1=O)N1CCN(c2ncccn2)CC1. The van der Waals surface area contributed by atoms with E-state index in [0.29, 0.717) is 32.1 Å². The quantitative estimate of drug-likeness (QED) is 0.724. The smallest absolute Gasteiger partial charge is 0.233 e. The summed E-state index contributed by atoms with van der Waals surface area (Å²) in [5.74, 6) is 0.262. The standard InChI is InChI=1S/C19H25N5O3/c25-16(22-10-12-23(13-11-22)19-20-7-3-8-21-19)6-9-24-17(26)14-4-1-2-5-15(14)18(24)27/h3,7-8,14-15H,1-2,4-6,9-13H2/t14-,15-/m1/s1. The van der Waals surface area contributed by atoms with Gasteiger partial charge in [0, 0.05) is 51.5 Å². The van der Waals surface area contributed by atoms with Gasteiger partial charge in [-0.25, -0.2) is 9.97 Å². The van der Waals surface area contributed by atoms with Crippen LogP contribution in [0.5, 0.6) is 0 Å². The number of piperazine rings is 1. The van der Waals surface area contributed by atoms with Gasteiger partial charge in [-0.15, -0.1) is 0 Å². The highest BCUT2D eigenvalue weighted by atomic mass is 16.2. The van der Waals surface area contributed by atoms with Gasteiger partial charge in [-0.2, -0.15) is 0 Å². The molecule has 3 fully saturated rings. The molecule has 2 atom stereocenters. The van der Waals surface area contributed by atoms with E-state index in [2.05, 4.69) is 14.9 Å². The Morgan fingerprint density at radius 2 is 1.56 bits per heavy atom. The minimum atomic E-state index is -0.143. The van der Waals surface area contributed by atoms with Gasteiger partial charge in [0.25, 0.3) is 0 Å². The molecule has 0 aromatic carbocycles. The second kappa shape index (κ2) is 7.62. The first kappa shape index (κ1) is 17.9. The third-order valence-electron chi connectivity index (χ3n) is 5.95. The molecule has 0 bridgehead atoms. The third-order valence-corrected chi connectivity index (χ3v) is 5.95. The molecule has 1 aromatic heterocycles. The summed E-state index contributed by atoms with van der Waals surface area (Å²) in [4.78, 5) is 51.2. The Balaban J connectivity index is 1.28. The molecule has 4 rings (SSSR count). The predicted molar refractivity (Wildman–Crippen MR) is 97.6 cm³/mol. The van der Waals surface area contributed by atoms with Crippen LogP contribution in [0.1, 0.15) is 32.1 Å². The van der Waals surface area contributed by atoms with Crippen molar-refractivity contribution in [3.63, 3.8) is 0 Å². The van der Waals surface area contributed by atoms with Crippen LogP contribution in [0, 0.1) is 11.8 Å². The first-order valence-corrected chi connectivity index (χ1v) is 9.80. The lowest BCUT2D eigenvalue weighted by Crippen LogP contribution is -2.50. The molecular weight excluding hydrogens is 346 g/mol. The number of carbonyl (C=O) groups excluding carboxylic acids is 3. The van der Waals surface area contributed by atoms with Crippen molar-refractivity contribution in [3.05, 3.63) is 18.5 Å². The number of fused-ring (bicyclic) bond motifs is 1. The van der Waals surface area contributed by atoms with Crippen molar-refractivity contribution in [2.75, 3.05) is 37.6 Å². The first-order chi connectivity index (χ1) is 13.1. The van der Waals surface area contributed by atoms with Gasteiger partial charge in [0.05, 0.1) is 11.8 Å². The van der Waals surface area contributed by atoms with Crippen LogP contribution in [0.15, 0.2) is 18.5 Å². The molecule has 1 saturated carbocycles. The zero-order valence-corrected chi connectivity index (χ0v) is 15.4. The average Bonchev–Trinajstić information content (AvgIpc) is 2.97. The fraction of sp³-hybridized carbons (Fsp3) is 0.632.